The molecule has 1 aromatic carbocycles. The van der Waals surface area contributed by atoms with E-state index >= 15 is 0 Å². The summed E-state index contributed by atoms with van der Waals surface area (Å²) in [6, 6.07) is 5.24. The predicted octanol–water partition coefficient (Wildman–Crippen LogP) is 3.27. The van der Waals surface area contributed by atoms with Gasteiger partial charge in [0.25, 0.3) is 5.91 Å². The van der Waals surface area contributed by atoms with Crippen LogP contribution in [-0.2, 0) is 4.74 Å². The lowest BCUT2D eigenvalue weighted by atomic mass is 10.1. The largest absolute Gasteiger partial charge is 0.507 e. The summed E-state index contributed by atoms with van der Waals surface area (Å²) in [5.41, 5.74) is 0.519. The number of ether oxygens (including phenoxy) is 1. The first-order valence-electron chi connectivity index (χ1n) is 6.83. The van der Waals surface area contributed by atoms with Crippen molar-refractivity contribution < 1.29 is 14.6 Å². The second-order valence-electron chi connectivity index (χ2n) is 4.63. The van der Waals surface area contributed by atoms with Crippen molar-refractivity contribution in [3.05, 3.63) is 27.3 Å². The van der Waals surface area contributed by atoms with E-state index in [9.17, 15) is 9.90 Å². The molecule has 1 rings (SSSR count). The number of phenolic OH excluding ortho intramolecular Hbond substituents is 1. The third-order valence-corrected chi connectivity index (χ3v) is 4.29. The summed E-state index contributed by atoms with van der Waals surface area (Å²) >= 11 is 2.04. The number of phenols is 1. The standard InChI is InChI=1S/C15H22INO3/c1-4-12(5-2)17(8-9-20-3)15(19)11-6-7-13(16)14(18)10-11/h6-7,10,12,18H,4-5,8-9H2,1-3H3. The number of hydrogen-bond donors (Lipinski definition) is 1. The maximum absolute atomic E-state index is 12.6. The van der Waals surface area contributed by atoms with Gasteiger partial charge >= 0.3 is 0 Å². The van der Waals surface area contributed by atoms with Crippen molar-refractivity contribution in [1.29, 1.82) is 0 Å². The molecule has 0 saturated heterocycles. The Labute approximate surface area is 134 Å². The molecule has 0 spiro atoms. The summed E-state index contributed by atoms with van der Waals surface area (Å²) in [6.07, 6.45) is 1.81. The number of benzene rings is 1. The van der Waals surface area contributed by atoms with Crippen LogP contribution < -0.4 is 0 Å². The van der Waals surface area contributed by atoms with Crippen LogP contribution in [0.25, 0.3) is 0 Å². The monoisotopic (exact) mass is 391 g/mol. The predicted molar refractivity (Wildman–Crippen MR) is 88.1 cm³/mol. The van der Waals surface area contributed by atoms with E-state index in [2.05, 4.69) is 13.8 Å². The Bertz CT molecular complexity index is 447. The Balaban J connectivity index is 2.99. The Morgan fingerprint density at radius 3 is 2.55 bits per heavy atom. The van der Waals surface area contributed by atoms with Gasteiger partial charge in [-0.05, 0) is 53.6 Å². The van der Waals surface area contributed by atoms with E-state index in [1.165, 1.54) is 6.07 Å². The fourth-order valence-electron chi connectivity index (χ4n) is 2.18. The Kier molecular flexibility index (Phi) is 7.29. The second-order valence-corrected chi connectivity index (χ2v) is 5.79. The number of nitrogens with zero attached hydrogens (tertiary/aromatic N) is 1. The number of amides is 1. The van der Waals surface area contributed by atoms with Gasteiger partial charge in [0.15, 0.2) is 0 Å². The first kappa shape index (κ1) is 17.2. The van der Waals surface area contributed by atoms with Gasteiger partial charge in [-0.2, -0.15) is 0 Å². The van der Waals surface area contributed by atoms with Gasteiger partial charge in [-0.25, -0.2) is 0 Å². The van der Waals surface area contributed by atoms with E-state index in [0.717, 1.165) is 16.4 Å². The first-order chi connectivity index (χ1) is 9.54. The highest BCUT2D eigenvalue weighted by Crippen LogP contribution is 2.22. The van der Waals surface area contributed by atoms with E-state index in [-0.39, 0.29) is 17.7 Å². The summed E-state index contributed by atoms with van der Waals surface area (Å²) in [6.45, 7) is 5.23. The Morgan fingerprint density at radius 2 is 2.05 bits per heavy atom. The van der Waals surface area contributed by atoms with Crippen LogP contribution in [0, 0.1) is 3.57 Å². The summed E-state index contributed by atoms with van der Waals surface area (Å²) in [4.78, 5) is 14.5. The first-order valence-corrected chi connectivity index (χ1v) is 7.91. The van der Waals surface area contributed by atoms with Crippen LogP contribution >= 0.6 is 22.6 Å². The molecule has 0 heterocycles. The van der Waals surface area contributed by atoms with Crippen LogP contribution in [0.2, 0.25) is 0 Å². The minimum Gasteiger partial charge on any atom is -0.507 e. The van der Waals surface area contributed by atoms with Gasteiger partial charge in [-0.3, -0.25) is 4.79 Å². The van der Waals surface area contributed by atoms with Crippen LogP contribution in [0.15, 0.2) is 18.2 Å². The molecular formula is C15H22INO3. The van der Waals surface area contributed by atoms with Crippen molar-refractivity contribution >= 4 is 28.5 Å². The lowest BCUT2D eigenvalue weighted by Gasteiger charge is -2.30. The SMILES string of the molecule is CCC(CC)N(CCOC)C(=O)c1ccc(I)c(O)c1. The molecule has 0 aliphatic rings. The molecule has 1 aromatic rings. The van der Waals surface area contributed by atoms with Gasteiger partial charge in [0.1, 0.15) is 5.75 Å². The molecule has 0 bridgehead atoms. The second kappa shape index (κ2) is 8.46. The Hall–Kier alpha value is -0.820. The summed E-state index contributed by atoms with van der Waals surface area (Å²) in [5, 5.41) is 9.76. The van der Waals surface area contributed by atoms with E-state index < -0.39 is 0 Å². The van der Waals surface area contributed by atoms with Gasteiger partial charge < -0.3 is 14.7 Å². The van der Waals surface area contributed by atoms with Gasteiger partial charge in [0.2, 0.25) is 0 Å². The van der Waals surface area contributed by atoms with Crippen molar-refractivity contribution in [1.82, 2.24) is 4.90 Å². The number of rotatable bonds is 7. The molecule has 0 atom stereocenters. The van der Waals surface area contributed by atoms with Gasteiger partial charge in [-0.15, -0.1) is 0 Å². The molecule has 0 aliphatic heterocycles. The lowest BCUT2D eigenvalue weighted by Crippen LogP contribution is -2.41. The zero-order chi connectivity index (χ0) is 15.1. The molecule has 0 fully saturated rings. The number of halogens is 1. The maximum atomic E-state index is 12.6. The number of hydrogen-bond acceptors (Lipinski definition) is 3. The van der Waals surface area contributed by atoms with Crippen LogP contribution in [0.3, 0.4) is 0 Å². The maximum Gasteiger partial charge on any atom is 0.254 e. The summed E-state index contributed by atoms with van der Waals surface area (Å²) in [5.74, 6) is 0.0927. The molecule has 1 N–H and O–H groups in total. The van der Waals surface area contributed by atoms with E-state index in [1.54, 1.807) is 19.2 Å². The van der Waals surface area contributed by atoms with E-state index in [0.29, 0.717) is 18.7 Å². The van der Waals surface area contributed by atoms with Crippen molar-refractivity contribution in [3.63, 3.8) is 0 Å². The van der Waals surface area contributed by atoms with Gasteiger partial charge in [-0.1, -0.05) is 13.8 Å². The third-order valence-electron chi connectivity index (χ3n) is 3.37. The highest BCUT2D eigenvalue weighted by Gasteiger charge is 2.22. The van der Waals surface area contributed by atoms with Gasteiger partial charge in [0, 0.05) is 25.3 Å². The zero-order valence-electron chi connectivity index (χ0n) is 12.2. The van der Waals surface area contributed by atoms with Crippen molar-refractivity contribution in [3.8, 4) is 5.75 Å². The number of methoxy groups -OCH3 is 1. The molecule has 0 saturated carbocycles. The van der Waals surface area contributed by atoms with Crippen LogP contribution in [0.1, 0.15) is 37.0 Å². The topological polar surface area (TPSA) is 49.8 Å². The molecule has 0 aromatic heterocycles. The quantitative estimate of drug-likeness (QED) is 0.726. The van der Waals surface area contributed by atoms with Crippen molar-refractivity contribution in [2.45, 2.75) is 32.7 Å². The molecule has 4 nitrogen and oxygen atoms in total. The fourth-order valence-corrected chi connectivity index (χ4v) is 2.52. The van der Waals surface area contributed by atoms with Crippen LogP contribution in [0.5, 0.6) is 5.75 Å². The molecule has 1 amide bonds. The normalized spacial score (nSPS) is 10.8. The van der Waals surface area contributed by atoms with Crippen molar-refractivity contribution in [2.24, 2.45) is 0 Å². The highest BCUT2D eigenvalue weighted by molar-refractivity contribution is 14.1. The van der Waals surface area contributed by atoms with Crippen LogP contribution in [-0.4, -0.2) is 42.2 Å². The number of carbonyl (C=O) groups excluding carboxylic acids is 1. The minimum atomic E-state index is -0.0533. The third kappa shape index (κ3) is 4.34. The van der Waals surface area contributed by atoms with Crippen molar-refractivity contribution in [2.75, 3.05) is 20.3 Å². The minimum absolute atomic E-state index is 0.0533. The molecule has 0 aliphatic carbocycles. The highest BCUT2D eigenvalue weighted by atomic mass is 127. The van der Waals surface area contributed by atoms with E-state index in [1.807, 2.05) is 27.5 Å². The Morgan fingerprint density at radius 1 is 1.40 bits per heavy atom. The smallest absolute Gasteiger partial charge is 0.254 e. The summed E-state index contributed by atoms with van der Waals surface area (Å²) < 4.78 is 5.84. The average Bonchev–Trinajstić information content (AvgIpc) is 2.45. The van der Waals surface area contributed by atoms with Crippen LogP contribution in [0.4, 0.5) is 0 Å². The summed E-state index contributed by atoms with van der Waals surface area (Å²) in [7, 11) is 1.63. The van der Waals surface area contributed by atoms with Gasteiger partial charge in [0.05, 0.1) is 10.2 Å². The molecule has 0 unspecified atom stereocenters. The molecule has 112 valence electrons. The molecule has 5 heteroatoms. The molecule has 0 radical (unpaired) electrons. The zero-order valence-corrected chi connectivity index (χ0v) is 14.4. The number of carbonyl (C=O) groups is 1. The van der Waals surface area contributed by atoms with E-state index in [4.69, 9.17) is 4.74 Å². The fraction of sp³-hybridized carbons (Fsp3) is 0.533. The molecule has 20 heavy (non-hydrogen) atoms. The lowest BCUT2D eigenvalue weighted by molar-refractivity contribution is 0.0589. The number of aromatic hydroxyl groups is 1. The average molecular weight is 391 g/mol. The molecular weight excluding hydrogens is 369 g/mol.